The predicted octanol–water partition coefficient (Wildman–Crippen LogP) is 2.18. The first kappa shape index (κ1) is 12.7. The Kier molecular flexibility index (Phi) is 3.18. The zero-order valence-corrected chi connectivity index (χ0v) is 11.4. The minimum Gasteiger partial charge on any atom is -0.467 e. The van der Waals surface area contributed by atoms with Gasteiger partial charge in [-0.25, -0.2) is 9.78 Å². The van der Waals surface area contributed by atoms with Gasteiger partial charge in [-0.15, -0.1) is 0 Å². The summed E-state index contributed by atoms with van der Waals surface area (Å²) in [6.07, 6.45) is 4.56. The summed E-state index contributed by atoms with van der Waals surface area (Å²) in [6, 6.07) is 7.35. The van der Waals surface area contributed by atoms with E-state index >= 15 is 0 Å². The molecule has 0 amide bonds. The van der Waals surface area contributed by atoms with Gasteiger partial charge in [-0.1, -0.05) is 12.1 Å². The van der Waals surface area contributed by atoms with Gasteiger partial charge in [0.05, 0.1) is 12.8 Å². The van der Waals surface area contributed by atoms with Crippen molar-refractivity contribution in [2.45, 2.75) is 25.3 Å². The number of esters is 1. The molecule has 1 aromatic heterocycles. The fourth-order valence-electron chi connectivity index (χ4n) is 2.68. The second-order valence-electron chi connectivity index (χ2n) is 5.01. The van der Waals surface area contributed by atoms with Crippen molar-refractivity contribution in [1.82, 2.24) is 9.55 Å². The monoisotopic (exact) mass is 271 g/mol. The van der Waals surface area contributed by atoms with Crippen molar-refractivity contribution >= 4 is 11.7 Å². The smallest absolute Gasteiger partial charge is 0.328 e. The lowest BCUT2D eigenvalue weighted by Gasteiger charge is -2.22. The summed E-state index contributed by atoms with van der Waals surface area (Å²) in [5, 5.41) is 0. The standard InChI is InChI=1S/C15H17N3O2/c1-20-15(19)13-6-3-7-14-17-12(9-18(13)14)10-4-2-5-11(16)8-10/h2,4-5,8-9,13H,3,6-7,16H2,1H3. The molecule has 5 heteroatoms. The molecular formula is C15H17N3O2. The highest BCUT2D eigenvalue weighted by Crippen LogP contribution is 2.29. The number of carbonyl (C=O) groups excluding carboxylic acids is 1. The Balaban J connectivity index is 2.01. The molecule has 0 spiro atoms. The Hall–Kier alpha value is -2.30. The van der Waals surface area contributed by atoms with Crippen LogP contribution >= 0.6 is 0 Å². The highest BCUT2D eigenvalue weighted by molar-refractivity contribution is 5.75. The zero-order chi connectivity index (χ0) is 14.1. The molecule has 0 fully saturated rings. The predicted molar refractivity (Wildman–Crippen MR) is 76.1 cm³/mol. The molecule has 0 aliphatic carbocycles. The molecule has 20 heavy (non-hydrogen) atoms. The lowest BCUT2D eigenvalue weighted by atomic mass is 10.1. The van der Waals surface area contributed by atoms with Crippen molar-refractivity contribution < 1.29 is 9.53 Å². The van der Waals surface area contributed by atoms with Crippen molar-refractivity contribution in [3.05, 3.63) is 36.3 Å². The number of hydrogen-bond donors (Lipinski definition) is 1. The number of imidazole rings is 1. The maximum Gasteiger partial charge on any atom is 0.328 e. The van der Waals surface area contributed by atoms with Gasteiger partial charge in [0.15, 0.2) is 0 Å². The molecule has 3 rings (SSSR count). The van der Waals surface area contributed by atoms with Crippen LogP contribution in [-0.2, 0) is 16.0 Å². The third kappa shape index (κ3) is 2.15. The minimum absolute atomic E-state index is 0.206. The van der Waals surface area contributed by atoms with E-state index in [2.05, 4.69) is 4.98 Å². The first-order valence-electron chi connectivity index (χ1n) is 6.70. The molecule has 104 valence electrons. The third-order valence-corrected chi connectivity index (χ3v) is 3.68. The summed E-state index contributed by atoms with van der Waals surface area (Å²) < 4.78 is 6.81. The van der Waals surface area contributed by atoms with Crippen molar-refractivity contribution in [3.8, 4) is 11.3 Å². The average Bonchev–Trinajstić information content (AvgIpc) is 2.90. The van der Waals surface area contributed by atoms with Gasteiger partial charge < -0.3 is 15.0 Å². The number of aromatic nitrogens is 2. The Morgan fingerprint density at radius 1 is 1.50 bits per heavy atom. The minimum atomic E-state index is -0.258. The lowest BCUT2D eigenvalue weighted by Crippen LogP contribution is -2.25. The molecule has 0 saturated carbocycles. The van der Waals surface area contributed by atoms with Crippen LogP contribution in [-0.4, -0.2) is 22.6 Å². The number of ether oxygens (including phenoxy) is 1. The summed E-state index contributed by atoms with van der Waals surface area (Å²) in [7, 11) is 1.42. The molecule has 1 unspecified atom stereocenters. The number of benzene rings is 1. The molecule has 1 aliphatic rings. The van der Waals surface area contributed by atoms with Crippen molar-refractivity contribution in [3.63, 3.8) is 0 Å². The summed E-state index contributed by atoms with van der Waals surface area (Å²) in [6.45, 7) is 0. The van der Waals surface area contributed by atoms with Crippen molar-refractivity contribution in [1.29, 1.82) is 0 Å². The second kappa shape index (κ2) is 5.00. The van der Waals surface area contributed by atoms with E-state index in [0.717, 1.165) is 36.3 Å². The van der Waals surface area contributed by atoms with Gasteiger partial charge in [0.25, 0.3) is 0 Å². The lowest BCUT2D eigenvalue weighted by molar-refractivity contribution is -0.145. The fourth-order valence-corrected chi connectivity index (χ4v) is 2.68. The van der Waals surface area contributed by atoms with Crippen LogP contribution in [0.15, 0.2) is 30.5 Å². The largest absolute Gasteiger partial charge is 0.467 e. The normalized spacial score (nSPS) is 17.6. The maximum atomic E-state index is 11.8. The topological polar surface area (TPSA) is 70.1 Å². The first-order chi connectivity index (χ1) is 9.69. The number of fused-ring (bicyclic) bond motifs is 1. The number of aryl methyl sites for hydroxylation is 1. The van der Waals surface area contributed by atoms with Crippen LogP contribution in [0, 0.1) is 0 Å². The van der Waals surface area contributed by atoms with E-state index in [-0.39, 0.29) is 12.0 Å². The van der Waals surface area contributed by atoms with Crippen molar-refractivity contribution in [2.75, 3.05) is 12.8 Å². The SMILES string of the molecule is COC(=O)C1CCCc2nc(-c3cccc(N)c3)cn21. The number of rotatable bonds is 2. The zero-order valence-electron chi connectivity index (χ0n) is 11.4. The van der Waals surface area contributed by atoms with E-state index in [4.69, 9.17) is 10.5 Å². The van der Waals surface area contributed by atoms with E-state index in [0.29, 0.717) is 5.69 Å². The van der Waals surface area contributed by atoms with Crippen LogP contribution < -0.4 is 5.73 Å². The van der Waals surface area contributed by atoms with Gasteiger partial charge >= 0.3 is 5.97 Å². The molecule has 1 aliphatic heterocycles. The Morgan fingerprint density at radius 2 is 2.35 bits per heavy atom. The van der Waals surface area contributed by atoms with Gasteiger partial charge in [0.1, 0.15) is 11.9 Å². The van der Waals surface area contributed by atoms with Crippen LogP contribution in [0.3, 0.4) is 0 Å². The number of carbonyl (C=O) groups is 1. The molecular weight excluding hydrogens is 254 g/mol. The van der Waals surface area contributed by atoms with Gasteiger partial charge in [-0.05, 0) is 25.0 Å². The molecule has 1 aromatic carbocycles. The van der Waals surface area contributed by atoms with E-state index in [1.54, 1.807) is 0 Å². The highest BCUT2D eigenvalue weighted by atomic mass is 16.5. The average molecular weight is 271 g/mol. The van der Waals surface area contributed by atoms with Gasteiger partial charge in [-0.2, -0.15) is 0 Å². The number of methoxy groups -OCH3 is 1. The van der Waals surface area contributed by atoms with Crippen LogP contribution in [0.5, 0.6) is 0 Å². The summed E-state index contributed by atoms with van der Waals surface area (Å²) >= 11 is 0. The highest BCUT2D eigenvalue weighted by Gasteiger charge is 2.28. The van der Waals surface area contributed by atoms with Crippen LogP contribution in [0.25, 0.3) is 11.3 Å². The molecule has 0 bridgehead atoms. The number of nitrogens with two attached hydrogens (primary N) is 1. The first-order valence-corrected chi connectivity index (χ1v) is 6.70. The van der Waals surface area contributed by atoms with E-state index in [1.807, 2.05) is 35.0 Å². The fraction of sp³-hybridized carbons (Fsp3) is 0.333. The number of anilines is 1. The molecule has 0 radical (unpaired) electrons. The van der Waals surface area contributed by atoms with Crippen LogP contribution in [0.4, 0.5) is 5.69 Å². The molecule has 2 aromatic rings. The number of nitrogens with zero attached hydrogens (tertiary/aromatic N) is 2. The summed E-state index contributed by atoms with van der Waals surface area (Å²) in [5.41, 5.74) is 8.33. The van der Waals surface area contributed by atoms with Crippen molar-refractivity contribution in [2.24, 2.45) is 0 Å². The van der Waals surface area contributed by atoms with Gasteiger partial charge in [0.2, 0.25) is 0 Å². The maximum absolute atomic E-state index is 11.8. The summed E-state index contributed by atoms with van der Waals surface area (Å²) in [5.74, 6) is 0.728. The quantitative estimate of drug-likeness (QED) is 0.671. The van der Waals surface area contributed by atoms with E-state index in [9.17, 15) is 4.79 Å². The van der Waals surface area contributed by atoms with Crippen LogP contribution in [0.2, 0.25) is 0 Å². The van der Waals surface area contributed by atoms with E-state index in [1.165, 1.54) is 7.11 Å². The Labute approximate surface area is 117 Å². The molecule has 2 N–H and O–H groups in total. The van der Waals surface area contributed by atoms with E-state index < -0.39 is 0 Å². The molecule has 1 atom stereocenters. The van der Waals surface area contributed by atoms with Crippen LogP contribution in [0.1, 0.15) is 24.7 Å². The Morgan fingerprint density at radius 3 is 3.10 bits per heavy atom. The Bertz CT molecular complexity index is 648. The number of hydrogen-bond acceptors (Lipinski definition) is 4. The number of nitrogen functional groups attached to an aromatic ring is 1. The van der Waals surface area contributed by atoms with Gasteiger partial charge in [0, 0.05) is 23.9 Å². The summed E-state index contributed by atoms with van der Waals surface area (Å²) in [4.78, 5) is 16.5. The molecule has 0 saturated heterocycles. The third-order valence-electron chi connectivity index (χ3n) is 3.68. The molecule has 2 heterocycles. The molecule has 5 nitrogen and oxygen atoms in total. The second-order valence-corrected chi connectivity index (χ2v) is 5.01. The van der Waals surface area contributed by atoms with Gasteiger partial charge in [-0.3, -0.25) is 0 Å².